The molecule has 0 aliphatic heterocycles. The number of nitrogens with zero attached hydrogens (tertiary/aromatic N) is 1. The fourth-order valence-electron chi connectivity index (χ4n) is 2.18. The van der Waals surface area contributed by atoms with Gasteiger partial charge in [0.1, 0.15) is 5.75 Å². The van der Waals surface area contributed by atoms with E-state index in [0.717, 1.165) is 25.7 Å². The number of rotatable bonds is 6. The van der Waals surface area contributed by atoms with E-state index in [-0.39, 0.29) is 29.9 Å². The zero-order valence-electron chi connectivity index (χ0n) is 10.8. The lowest BCUT2D eigenvalue weighted by atomic mass is 9.94. The summed E-state index contributed by atoms with van der Waals surface area (Å²) in [7, 11) is 0.389. The van der Waals surface area contributed by atoms with Gasteiger partial charge < -0.3 is 10.0 Å². The molecule has 1 amide bonds. The zero-order valence-corrected chi connectivity index (χ0v) is 11.6. The Hall–Kier alpha value is -0.910. The highest BCUT2D eigenvalue weighted by Gasteiger charge is 2.23. The van der Waals surface area contributed by atoms with Crippen molar-refractivity contribution in [2.24, 2.45) is 0 Å². The number of aliphatic carboxylic acids is 1. The van der Waals surface area contributed by atoms with Gasteiger partial charge in [-0.3, -0.25) is 13.8 Å². The fraction of sp³-hybridized carbons (Fsp3) is 0.833. The van der Waals surface area contributed by atoms with E-state index in [9.17, 15) is 13.8 Å². The largest absolute Gasteiger partial charge is 0.481 e. The van der Waals surface area contributed by atoms with Crippen molar-refractivity contribution < 1.29 is 18.9 Å². The number of carbonyl (C=O) groups is 2. The van der Waals surface area contributed by atoms with E-state index in [1.165, 1.54) is 6.42 Å². The van der Waals surface area contributed by atoms with Crippen molar-refractivity contribution in [3.63, 3.8) is 0 Å². The summed E-state index contributed by atoms with van der Waals surface area (Å²) in [5.74, 6) is -1.11. The van der Waals surface area contributed by atoms with Gasteiger partial charge in [-0.25, -0.2) is 0 Å². The first-order chi connectivity index (χ1) is 8.50. The lowest BCUT2D eigenvalue weighted by Crippen LogP contribution is -2.40. The van der Waals surface area contributed by atoms with E-state index in [0.29, 0.717) is 0 Å². The molecule has 5 nitrogen and oxygen atoms in total. The highest BCUT2D eigenvalue weighted by atomic mass is 32.2. The number of hydrogen-bond acceptors (Lipinski definition) is 3. The van der Waals surface area contributed by atoms with Crippen LogP contribution in [0, 0.1) is 0 Å². The first-order valence-corrected chi connectivity index (χ1v) is 7.82. The van der Waals surface area contributed by atoms with Crippen LogP contribution in [0.5, 0.6) is 0 Å². The SMILES string of the molecule is CN(C(=O)CS(=O)CCC(=O)O)C1CCCCC1. The predicted octanol–water partition coefficient (Wildman–Crippen LogP) is 1.00. The molecule has 1 atom stereocenters. The van der Waals surface area contributed by atoms with Crippen LogP contribution in [0.15, 0.2) is 0 Å². The monoisotopic (exact) mass is 275 g/mol. The van der Waals surface area contributed by atoms with Gasteiger partial charge in [0, 0.05) is 29.6 Å². The maximum atomic E-state index is 11.9. The molecule has 0 heterocycles. The van der Waals surface area contributed by atoms with Gasteiger partial charge in [-0.15, -0.1) is 0 Å². The lowest BCUT2D eigenvalue weighted by molar-refractivity contribution is -0.136. The summed E-state index contributed by atoms with van der Waals surface area (Å²) in [6, 6.07) is 0.266. The van der Waals surface area contributed by atoms with Crippen molar-refractivity contribution in [2.75, 3.05) is 18.6 Å². The minimum absolute atomic E-state index is 0.0551. The Morgan fingerprint density at radius 3 is 2.44 bits per heavy atom. The summed E-state index contributed by atoms with van der Waals surface area (Å²) in [6.45, 7) is 0. The van der Waals surface area contributed by atoms with E-state index in [1.54, 1.807) is 11.9 Å². The van der Waals surface area contributed by atoms with Crippen molar-refractivity contribution in [2.45, 2.75) is 44.6 Å². The Kier molecular flexibility index (Phi) is 6.32. The molecular formula is C12H21NO4S. The molecule has 104 valence electrons. The molecule has 0 aromatic rings. The number of carbonyl (C=O) groups excluding carboxylic acids is 1. The first-order valence-electron chi connectivity index (χ1n) is 6.33. The van der Waals surface area contributed by atoms with Gasteiger partial charge in [-0.1, -0.05) is 19.3 Å². The van der Waals surface area contributed by atoms with E-state index in [2.05, 4.69) is 0 Å². The van der Waals surface area contributed by atoms with E-state index < -0.39 is 16.8 Å². The third-order valence-electron chi connectivity index (χ3n) is 3.34. The summed E-state index contributed by atoms with van der Waals surface area (Å²) >= 11 is 0. The van der Waals surface area contributed by atoms with Gasteiger partial charge in [-0.2, -0.15) is 0 Å². The molecule has 0 aromatic carbocycles. The van der Waals surface area contributed by atoms with Crippen LogP contribution < -0.4 is 0 Å². The molecule has 0 saturated heterocycles. The van der Waals surface area contributed by atoms with Gasteiger partial charge in [-0.05, 0) is 12.8 Å². The van der Waals surface area contributed by atoms with Crippen LogP contribution >= 0.6 is 0 Å². The van der Waals surface area contributed by atoms with Gasteiger partial charge in [0.2, 0.25) is 5.91 Å². The third-order valence-corrected chi connectivity index (χ3v) is 4.57. The minimum Gasteiger partial charge on any atom is -0.481 e. The standard InChI is InChI=1S/C12H21NO4S/c1-13(10-5-3-2-4-6-10)11(14)9-18(17)8-7-12(15)16/h10H,2-9H2,1H3,(H,15,16). The number of carboxylic acids is 1. The topological polar surface area (TPSA) is 74.7 Å². The van der Waals surface area contributed by atoms with Crippen LogP contribution in [-0.4, -0.2) is 50.7 Å². The molecule has 6 heteroatoms. The Labute approximate surface area is 110 Å². The third kappa shape index (κ3) is 5.16. The average Bonchev–Trinajstić information content (AvgIpc) is 2.36. The molecule has 1 saturated carbocycles. The second-order valence-corrected chi connectivity index (χ2v) is 6.31. The highest BCUT2D eigenvalue weighted by molar-refractivity contribution is 7.85. The molecule has 1 fully saturated rings. The lowest BCUT2D eigenvalue weighted by Gasteiger charge is -2.31. The van der Waals surface area contributed by atoms with Gasteiger partial charge in [0.15, 0.2) is 0 Å². The fourth-order valence-corrected chi connectivity index (χ4v) is 3.21. The molecule has 1 rings (SSSR count). The Balaban J connectivity index is 2.34. The normalized spacial score (nSPS) is 18.3. The van der Waals surface area contributed by atoms with Crippen LogP contribution in [0.1, 0.15) is 38.5 Å². The summed E-state index contributed by atoms with van der Waals surface area (Å²) in [5.41, 5.74) is 0. The summed E-state index contributed by atoms with van der Waals surface area (Å²) in [5, 5.41) is 8.48. The van der Waals surface area contributed by atoms with Crippen LogP contribution in [0.3, 0.4) is 0 Å². The summed E-state index contributed by atoms with van der Waals surface area (Å²) < 4.78 is 11.5. The van der Waals surface area contributed by atoms with Crippen molar-refractivity contribution in [1.82, 2.24) is 4.90 Å². The van der Waals surface area contributed by atoms with Crippen LogP contribution in [-0.2, 0) is 20.4 Å². The minimum atomic E-state index is -1.37. The maximum Gasteiger partial charge on any atom is 0.304 e. The molecule has 0 bridgehead atoms. The quantitative estimate of drug-likeness (QED) is 0.784. The van der Waals surface area contributed by atoms with E-state index in [1.807, 2.05) is 0 Å². The van der Waals surface area contributed by atoms with Gasteiger partial charge in [0.25, 0.3) is 0 Å². The molecule has 0 radical (unpaired) electrons. The first kappa shape index (κ1) is 15.1. The molecule has 1 aliphatic rings. The zero-order chi connectivity index (χ0) is 13.5. The molecule has 0 aromatic heterocycles. The van der Waals surface area contributed by atoms with Crippen LogP contribution in [0.2, 0.25) is 0 Å². The molecule has 1 N–H and O–H groups in total. The number of amides is 1. The molecule has 1 aliphatic carbocycles. The van der Waals surface area contributed by atoms with Crippen molar-refractivity contribution in [1.29, 1.82) is 0 Å². The van der Waals surface area contributed by atoms with Crippen molar-refractivity contribution in [3.8, 4) is 0 Å². The second-order valence-electron chi connectivity index (χ2n) is 4.73. The Morgan fingerprint density at radius 1 is 1.28 bits per heavy atom. The maximum absolute atomic E-state index is 11.9. The molecule has 1 unspecified atom stereocenters. The number of hydrogen-bond donors (Lipinski definition) is 1. The van der Waals surface area contributed by atoms with Gasteiger partial charge in [0.05, 0.1) is 6.42 Å². The van der Waals surface area contributed by atoms with E-state index >= 15 is 0 Å². The van der Waals surface area contributed by atoms with Crippen LogP contribution in [0.25, 0.3) is 0 Å². The van der Waals surface area contributed by atoms with Gasteiger partial charge >= 0.3 is 5.97 Å². The van der Waals surface area contributed by atoms with Crippen LogP contribution in [0.4, 0.5) is 0 Å². The highest BCUT2D eigenvalue weighted by Crippen LogP contribution is 2.21. The smallest absolute Gasteiger partial charge is 0.304 e. The molecule has 0 spiro atoms. The molecular weight excluding hydrogens is 254 g/mol. The molecule has 18 heavy (non-hydrogen) atoms. The number of carboxylic acid groups (broad SMARTS) is 1. The van der Waals surface area contributed by atoms with Crippen molar-refractivity contribution >= 4 is 22.7 Å². The second kappa shape index (κ2) is 7.51. The Morgan fingerprint density at radius 2 is 1.89 bits per heavy atom. The average molecular weight is 275 g/mol. The van der Waals surface area contributed by atoms with E-state index in [4.69, 9.17) is 5.11 Å². The predicted molar refractivity (Wildman–Crippen MR) is 69.8 cm³/mol. The summed E-state index contributed by atoms with van der Waals surface area (Å²) in [6.07, 6.45) is 5.40. The Bertz CT molecular complexity index is 326. The van der Waals surface area contributed by atoms with Crippen molar-refractivity contribution in [3.05, 3.63) is 0 Å². The summed E-state index contributed by atoms with van der Waals surface area (Å²) in [4.78, 5) is 23.9.